The molecule has 194 valence electrons. The van der Waals surface area contributed by atoms with Crippen molar-refractivity contribution in [3.05, 3.63) is 104 Å². The zero-order valence-corrected chi connectivity index (χ0v) is 23.6. The molecule has 1 aliphatic rings. The zero-order valence-electron chi connectivity index (χ0n) is 20.7. The molecule has 1 heterocycles. The Morgan fingerprint density at radius 2 is 1.82 bits per heavy atom. The van der Waals surface area contributed by atoms with Crippen LogP contribution in [0.1, 0.15) is 22.3 Å². The molecule has 9 heteroatoms. The normalized spacial score (nSPS) is 14.5. The molecule has 0 radical (unpaired) electrons. The Morgan fingerprint density at radius 1 is 1.08 bits per heavy atom. The Balaban J connectivity index is 1.70. The number of anilines is 1. The lowest BCUT2D eigenvalue weighted by Gasteiger charge is -2.26. The minimum Gasteiger partial charge on any atom is -0.493 e. The van der Waals surface area contributed by atoms with Gasteiger partial charge in [0, 0.05) is 14.2 Å². The number of carbonyl (C=O) groups excluding carboxylic acids is 3. The predicted octanol–water partition coefficient (Wildman–Crippen LogP) is 6.24. The summed E-state index contributed by atoms with van der Waals surface area (Å²) in [6, 6.07) is 15.4. The maximum absolute atomic E-state index is 13.3. The van der Waals surface area contributed by atoms with Gasteiger partial charge in [0.1, 0.15) is 12.2 Å². The molecule has 1 N–H and O–H groups in total. The van der Waals surface area contributed by atoms with E-state index < -0.39 is 17.8 Å². The molecule has 3 aromatic carbocycles. The fraction of sp³-hybridized carbons (Fsp3) is 0.138. The number of barbiturate groups is 1. The number of benzene rings is 3. The van der Waals surface area contributed by atoms with E-state index in [4.69, 9.17) is 21.1 Å². The largest absolute Gasteiger partial charge is 0.493 e. The van der Waals surface area contributed by atoms with Crippen LogP contribution in [0.3, 0.4) is 0 Å². The lowest BCUT2D eigenvalue weighted by Crippen LogP contribution is -2.54. The number of allylic oxidation sites excluding steroid dienone is 1. The van der Waals surface area contributed by atoms with Crippen LogP contribution in [0.15, 0.2) is 72.8 Å². The Labute approximate surface area is 239 Å². The van der Waals surface area contributed by atoms with Crippen molar-refractivity contribution in [3.8, 4) is 11.5 Å². The van der Waals surface area contributed by atoms with Crippen molar-refractivity contribution in [1.29, 1.82) is 0 Å². The Hall–Kier alpha value is -3.63. The first kappa shape index (κ1) is 27.4. The van der Waals surface area contributed by atoms with Gasteiger partial charge in [-0.05, 0) is 95.1 Å². The number of halogens is 2. The first-order chi connectivity index (χ1) is 18.2. The lowest BCUT2D eigenvalue weighted by atomic mass is 10.0. The second kappa shape index (κ2) is 11.8. The van der Waals surface area contributed by atoms with Gasteiger partial charge in [-0.3, -0.25) is 14.9 Å². The molecule has 38 heavy (non-hydrogen) atoms. The van der Waals surface area contributed by atoms with E-state index in [1.807, 2.05) is 24.3 Å². The van der Waals surface area contributed by atoms with Crippen LogP contribution in [-0.2, 0) is 22.6 Å². The van der Waals surface area contributed by atoms with Crippen LogP contribution in [0, 0.1) is 10.5 Å². The third-order valence-electron chi connectivity index (χ3n) is 5.86. The van der Waals surface area contributed by atoms with E-state index in [0.717, 1.165) is 25.2 Å². The number of rotatable bonds is 8. The van der Waals surface area contributed by atoms with E-state index in [1.54, 1.807) is 37.3 Å². The molecule has 0 bridgehead atoms. The molecule has 4 amide bonds. The van der Waals surface area contributed by atoms with Gasteiger partial charge in [0.15, 0.2) is 11.5 Å². The number of ether oxygens (including phenoxy) is 2. The average Bonchev–Trinajstić information content (AvgIpc) is 2.88. The number of hydrogen-bond donors (Lipinski definition) is 1. The smallest absolute Gasteiger partial charge is 0.335 e. The second-order valence-corrected chi connectivity index (χ2v) is 10.2. The molecule has 1 fully saturated rings. The quantitative estimate of drug-likeness (QED) is 0.136. The molecule has 7 nitrogen and oxygen atoms in total. The maximum Gasteiger partial charge on any atom is 0.335 e. The molecule has 3 aromatic rings. The first-order valence-electron chi connectivity index (χ1n) is 11.6. The van der Waals surface area contributed by atoms with Crippen molar-refractivity contribution >= 4 is 63.8 Å². The maximum atomic E-state index is 13.3. The lowest BCUT2D eigenvalue weighted by molar-refractivity contribution is -0.122. The molecule has 1 saturated heterocycles. The summed E-state index contributed by atoms with van der Waals surface area (Å²) in [7, 11) is 1.52. The van der Waals surface area contributed by atoms with E-state index in [0.29, 0.717) is 35.1 Å². The highest BCUT2D eigenvalue weighted by atomic mass is 127. The summed E-state index contributed by atoms with van der Waals surface area (Å²) in [5, 5.41) is 2.62. The van der Waals surface area contributed by atoms with E-state index in [-0.39, 0.29) is 11.3 Å². The molecule has 1 aliphatic heterocycles. The van der Waals surface area contributed by atoms with Gasteiger partial charge in [0.05, 0.1) is 12.8 Å². The summed E-state index contributed by atoms with van der Waals surface area (Å²) in [6.45, 7) is 5.96. The minimum atomic E-state index is -0.846. The van der Waals surface area contributed by atoms with Crippen LogP contribution in [-0.4, -0.2) is 25.0 Å². The highest BCUT2D eigenvalue weighted by Gasteiger charge is 2.37. The van der Waals surface area contributed by atoms with E-state index in [1.165, 1.54) is 19.3 Å². The fourth-order valence-corrected chi connectivity index (χ4v) is 4.44. The summed E-state index contributed by atoms with van der Waals surface area (Å²) >= 11 is 8.45. The van der Waals surface area contributed by atoms with Gasteiger partial charge in [-0.2, -0.15) is 0 Å². The van der Waals surface area contributed by atoms with E-state index in [2.05, 4.69) is 34.5 Å². The van der Waals surface area contributed by atoms with Crippen molar-refractivity contribution in [3.63, 3.8) is 0 Å². The number of nitrogens with one attached hydrogen (secondary N) is 1. The number of aryl methyl sites for hydroxylation is 1. The third-order valence-corrected chi connectivity index (χ3v) is 6.99. The molecule has 0 unspecified atom stereocenters. The van der Waals surface area contributed by atoms with E-state index >= 15 is 0 Å². The summed E-state index contributed by atoms with van der Waals surface area (Å²) in [4.78, 5) is 39.5. The molecule has 0 aliphatic carbocycles. The SMILES string of the molecule is C=CCc1cc(/C=C2/C(=O)NC(=O)N(c3ccc(C)c(Cl)c3)C2=O)cc(OC)c1OCc1ccc(I)cc1. The average molecular weight is 643 g/mol. The second-order valence-electron chi connectivity index (χ2n) is 8.51. The topological polar surface area (TPSA) is 84.9 Å². The Bertz CT molecular complexity index is 1470. The van der Waals surface area contributed by atoms with Crippen LogP contribution in [0.5, 0.6) is 11.5 Å². The Morgan fingerprint density at radius 3 is 2.47 bits per heavy atom. The first-order valence-corrected chi connectivity index (χ1v) is 13.0. The molecule has 0 aromatic heterocycles. The molecular weight excluding hydrogens is 619 g/mol. The molecule has 4 rings (SSSR count). The van der Waals surface area contributed by atoms with Crippen LogP contribution in [0.25, 0.3) is 6.08 Å². The van der Waals surface area contributed by atoms with Gasteiger partial charge in [-0.1, -0.05) is 35.9 Å². The van der Waals surface area contributed by atoms with Gasteiger partial charge in [0.25, 0.3) is 11.8 Å². The fourth-order valence-electron chi connectivity index (χ4n) is 3.91. The van der Waals surface area contributed by atoms with Gasteiger partial charge in [-0.15, -0.1) is 6.58 Å². The number of hydrogen-bond acceptors (Lipinski definition) is 5. The van der Waals surface area contributed by atoms with Gasteiger partial charge in [0.2, 0.25) is 0 Å². The van der Waals surface area contributed by atoms with Crippen molar-refractivity contribution in [2.75, 3.05) is 12.0 Å². The van der Waals surface area contributed by atoms with Gasteiger partial charge < -0.3 is 9.47 Å². The van der Waals surface area contributed by atoms with Crippen LogP contribution in [0.4, 0.5) is 10.5 Å². The minimum absolute atomic E-state index is 0.208. The standard InChI is InChI=1S/C29H24ClIN2O5/c1-4-5-20-12-19(14-25(37-3)26(20)38-16-18-7-9-21(31)10-8-18)13-23-27(34)32-29(36)33(28(23)35)22-11-6-17(2)24(30)15-22/h4,6-15H,1,5,16H2,2-3H3,(H,32,34,36)/b23-13-. The summed E-state index contributed by atoms with van der Waals surface area (Å²) in [5.74, 6) is -0.582. The summed E-state index contributed by atoms with van der Waals surface area (Å²) in [5.41, 5.74) is 3.12. The van der Waals surface area contributed by atoms with E-state index in [9.17, 15) is 14.4 Å². The third kappa shape index (κ3) is 5.92. The number of urea groups is 1. The zero-order chi connectivity index (χ0) is 27.4. The number of imide groups is 2. The van der Waals surface area contributed by atoms with Gasteiger partial charge in [-0.25, -0.2) is 9.69 Å². The highest BCUT2D eigenvalue weighted by Crippen LogP contribution is 2.35. The summed E-state index contributed by atoms with van der Waals surface area (Å²) < 4.78 is 12.9. The van der Waals surface area contributed by atoms with Crippen LogP contribution in [0.2, 0.25) is 5.02 Å². The molecule has 0 spiro atoms. The van der Waals surface area contributed by atoms with Crippen LogP contribution >= 0.6 is 34.2 Å². The van der Waals surface area contributed by atoms with Crippen molar-refractivity contribution < 1.29 is 23.9 Å². The molecule has 0 saturated carbocycles. The van der Waals surface area contributed by atoms with Gasteiger partial charge >= 0.3 is 6.03 Å². The number of carbonyl (C=O) groups is 3. The van der Waals surface area contributed by atoms with Crippen molar-refractivity contribution in [1.82, 2.24) is 5.32 Å². The Kier molecular flexibility index (Phi) is 8.53. The predicted molar refractivity (Wildman–Crippen MR) is 156 cm³/mol. The van der Waals surface area contributed by atoms with Crippen molar-refractivity contribution in [2.45, 2.75) is 20.0 Å². The number of nitrogens with zero attached hydrogens (tertiary/aromatic N) is 1. The highest BCUT2D eigenvalue weighted by molar-refractivity contribution is 14.1. The van der Waals surface area contributed by atoms with Crippen molar-refractivity contribution in [2.24, 2.45) is 0 Å². The number of methoxy groups -OCH3 is 1. The van der Waals surface area contributed by atoms with Crippen LogP contribution < -0.4 is 19.7 Å². The molecule has 0 atom stereocenters. The summed E-state index contributed by atoms with van der Waals surface area (Å²) in [6.07, 6.45) is 3.61. The molecular formula is C29H24ClIN2O5. The monoisotopic (exact) mass is 642 g/mol. The number of amides is 4.